The van der Waals surface area contributed by atoms with Gasteiger partial charge in [-0.1, -0.05) is 54.6 Å². The molecule has 2 heterocycles. The summed E-state index contributed by atoms with van der Waals surface area (Å²) >= 11 is 0. The number of β-amino-alcohol motifs (C(OH)–C–C–N with tert-alkyl or cyclic N) is 1. The van der Waals surface area contributed by atoms with E-state index >= 15 is 0 Å². The van der Waals surface area contributed by atoms with E-state index < -0.39 is 23.9 Å². The van der Waals surface area contributed by atoms with Gasteiger partial charge in [0, 0.05) is 44.3 Å². The molecule has 4 aromatic rings. The van der Waals surface area contributed by atoms with Crippen LogP contribution in [-0.4, -0.2) is 71.2 Å². The lowest BCUT2D eigenvalue weighted by Gasteiger charge is -2.41. The number of benzene rings is 3. The van der Waals surface area contributed by atoms with Crippen molar-refractivity contribution in [2.75, 3.05) is 39.3 Å². The van der Waals surface area contributed by atoms with Crippen molar-refractivity contribution in [3.63, 3.8) is 0 Å². The Morgan fingerprint density at radius 3 is 2.13 bits per heavy atom. The lowest BCUT2D eigenvalue weighted by atomic mass is 9.90. The molecule has 1 aromatic heterocycles. The van der Waals surface area contributed by atoms with Gasteiger partial charge >= 0.3 is 0 Å². The van der Waals surface area contributed by atoms with Crippen molar-refractivity contribution in [2.24, 2.45) is 0 Å². The van der Waals surface area contributed by atoms with Gasteiger partial charge in [0.15, 0.2) is 0 Å². The van der Waals surface area contributed by atoms with Crippen molar-refractivity contribution < 1.29 is 18.6 Å². The topological polar surface area (TPSA) is 48.8 Å². The number of alkyl halides is 2. The zero-order valence-electron chi connectivity index (χ0n) is 21.6. The van der Waals surface area contributed by atoms with E-state index in [9.17, 15) is 13.9 Å². The summed E-state index contributed by atoms with van der Waals surface area (Å²) in [4.78, 5) is 9.04. The zero-order chi connectivity index (χ0) is 26.6. The highest BCUT2D eigenvalue weighted by molar-refractivity contribution is 5.84. The number of fused-ring (bicyclic) bond motifs is 6. The van der Waals surface area contributed by atoms with Gasteiger partial charge < -0.3 is 9.84 Å². The highest BCUT2D eigenvalue weighted by Crippen LogP contribution is 2.70. The molecule has 1 N–H and O–H groups in total. The Morgan fingerprint density at radius 1 is 0.821 bits per heavy atom. The molecule has 1 saturated carbocycles. The van der Waals surface area contributed by atoms with Crippen LogP contribution in [-0.2, 0) is 0 Å². The van der Waals surface area contributed by atoms with Crippen LogP contribution >= 0.6 is 0 Å². The minimum atomic E-state index is -2.70. The summed E-state index contributed by atoms with van der Waals surface area (Å²) in [6, 6.07) is 25.1. The number of aliphatic hydroxyl groups excluding tert-OH is 1. The van der Waals surface area contributed by atoms with Crippen molar-refractivity contribution in [2.45, 2.75) is 29.9 Å². The smallest absolute Gasteiger partial charge is 0.263 e. The molecule has 0 unspecified atom stereocenters. The van der Waals surface area contributed by atoms with E-state index in [1.807, 2.05) is 78.9 Å². The van der Waals surface area contributed by atoms with E-state index in [2.05, 4.69) is 14.8 Å². The standard InChI is InChI=1S/C32H31F2N3O2/c33-32(34)29-22-7-1-3-9-24(22)31(25-10-4-2-8-23(25)30(29)32)37-17-15-36(16-18-37)19-21(38)20-39-28-13-5-12-27-26(28)11-6-14-35-27/h1-14,21,29-31,38H,15-20H2/t21-,29-,30-/m1/s1. The average molecular weight is 528 g/mol. The average Bonchev–Trinajstić information content (AvgIpc) is 3.58. The van der Waals surface area contributed by atoms with Crippen LogP contribution in [0, 0.1) is 0 Å². The number of aliphatic hydroxyl groups is 1. The van der Waals surface area contributed by atoms with E-state index in [1.54, 1.807) is 6.20 Å². The lowest BCUT2D eigenvalue weighted by molar-refractivity contribution is 0.0400. The van der Waals surface area contributed by atoms with Gasteiger partial charge in [0.2, 0.25) is 0 Å². The molecule has 0 spiro atoms. The van der Waals surface area contributed by atoms with E-state index in [0.29, 0.717) is 6.54 Å². The molecule has 0 bridgehead atoms. The van der Waals surface area contributed by atoms with Crippen molar-refractivity contribution in [1.82, 2.24) is 14.8 Å². The third kappa shape index (κ3) is 4.29. The van der Waals surface area contributed by atoms with Crippen LogP contribution < -0.4 is 4.74 Å². The van der Waals surface area contributed by atoms with Crippen LogP contribution in [0.15, 0.2) is 85.1 Å². The number of halogens is 2. The largest absolute Gasteiger partial charge is 0.490 e. The molecule has 7 rings (SSSR count). The Labute approximate surface area is 226 Å². The fraction of sp³-hybridized carbons (Fsp3) is 0.344. The Kier molecular flexibility index (Phi) is 6.10. The van der Waals surface area contributed by atoms with Gasteiger partial charge in [0.25, 0.3) is 5.92 Å². The van der Waals surface area contributed by atoms with Crippen LogP contribution in [0.25, 0.3) is 10.9 Å². The molecule has 7 heteroatoms. The molecule has 5 nitrogen and oxygen atoms in total. The predicted molar refractivity (Wildman–Crippen MR) is 146 cm³/mol. The number of hydrogen-bond acceptors (Lipinski definition) is 5. The van der Waals surface area contributed by atoms with Gasteiger partial charge in [-0.05, 0) is 46.5 Å². The van der Waals surface area contributed by atoms with Gasteiger partial charge in [-0.3, -0.25) is 14.8 Å². The van der Waals surface area contributed by atoms with Crippen LogP contribution in [0.1, 0.15) is 40.1 Å². The second kappa shape index (κ2) is 9.66. The minimum Gasteiger partial charge on any atom is -0.490 e. The number of rotatable bonds is 6. The van der Waals surface area contributed by atoms with Gasteiger partial charge in [0.05, 0.1) is 23.4 Å². The van der Waals surface area contributed by atoms with E-state index in [4.69, 9.17) is 4.74 Å². The van der Waals surface area contributed by atoms with Gasteiger partial charge in [-0.15, -0.1) is 0 Å². The molecule has 1 aliphatic heterocycles. The number of nitrogens with zero attached hydrogens (tertiary/aromatic N) is 3. The summed E-state index contributed by atoms with van der Waals surface area (Å²) in [7, 11) is 0. The van der Waals surface area contributed by atoms with E-state index in [1.165, 1.54) is 0 Å². The molecule has 2 fully saturated rings. The summed E-state index contributed by atoms with van der Waals surface area (Å²) in [5.41, 5.74) is 4.44. The van der Waals surface area contributed by atoms with Gasteiger partial charge in [-0.2, -0.15) is 0 Å². The first kappa shape index (κ1) is 24.6. The Bertz CT molecular complexity index is 1440. The summed E-state index contributed by atoms with van der Waals surface area (Å²) in [5.74, 6) is -3.46. The highest BCUT2D eigenvalue weighted by atomic mass is 19.3. The highest BCUT2D eigenvalue weighted by Gasteiger charge is 2.71. The van der Waals surface area contributed by atoms with Crippen LogP contribution in [0.5, 0.6) is 5.75 Å². The third-order valence-corrected chi connectivity index (χ3v) is 8.58. The molecule has 1 saturated heterocycles. The van der Waals surface area contributed by atoms with E-state index in [0.717, 1.165) is 65.1 Å². The predicted octanol–water partition coefficient (Wildman–Crippen LogP) is 5.21. The number of aromatic nitrogens is 1. The normalized spacial score (nSPS) is 23.4. The molecule has 3 atom stereocenters. The zero-order valence-corrected chi connectivity index (χ0v) is 21.6. The first-order valence-electron chi connectivity index (χ1n) is 13.7. The second-order valence-corrected chi connectivity index (χ2v) is 10.9. The van der Waals surface area contributed by atoms with Gasteiger partial charge in [0.1, 0.15) is 18.5 Å². The van der Waals surface area contributed by atoms with Crippen molar-refractivity contribution in [3.8, 4) is 5.75 Å². The molecule has 0 radical (unpaired) electrons. The molecule has 200 valence electrons. The molecule has 2 aliphatic carbocycles. The third-order valence-electron chi connectivity index (χ3n) is 8.58. The second-order valence-electron chi connectivity index (χ2n) is 10.9. The SMILES string of the molecule is O[C@@H](COc1cccc2ncccc12)CN1CCN(C2c3ccccc3[C@@H]3[C@@H](c4ccccc42)C3(F)F)CC1. The van der Waals surface area contributed by atoms with Gasteiger partial charge in [-0.25, -0.2) is 8.78 Å². The fourth-order valence-electron chi connectivity index (χ4n) is 6.69. The minimum absolute atomic E-state index is 0.0450. The summed E-state index contributed by atoms with van der Waals surface area (Å²) in [6.07, 6.45) is 1.13. The monoisotopic (exact) mass is 527 g/mol. The summed E-state index contributed by atoms with van der Waals surface area (Å²) < 4.78 is 35.9. The van der Waals surface area contributed by atoms with Crippen LogP contribution in [0.3, 0.4) is 0 Å². The number of hydrogen-bond donors (Lipinski definition) is 1. The quantitative estimate of drug-likeness (QED) is 0.373. The first-order valence-corrected chi connectivity index (χ1v) is 13.7. The maximum Gasteiger partial charge on any atom is 0.263 e. The number of piperazine rings is 1. The van der Waals surface area contributed by atoms with E-state index in [-0.39, 0.29) is 12.6 Å². The summed E-state index contributed by atoms with van der Waals surface area (Å²) in [5, 5.41) is 11.7. The molecule has 39 heavy (non-hydrogen) atoms. The van der Waals surface area contributed by atoms with Crippen molar-refractivity contribution in [3.05, 3.63) is 107 Å². The van der Waals surface area contributed by atoms with Crippen LogP contribution in [0.4, 0.5) is 8.78 Å². The number of ether oxygens (including phenoxy) is 1. The molecule has 0 amide bonds. The Morgan fingerprint density at radius 2 is 1.46 bits per heavy atom. The number of pyridine rings is 1. The van der Waals surface area contributed by atoms with Crippen molar-refractivity contribution >= 4 is 10.9 Å². The molecular formula is C32H31F2N3O2. The lowest BCUT2D eigenvalue weighted by Crippen LogP contribution is -2.50. The molecular weight excluding hydrogens is 496 g/mol. The molecule has 3 aliphatic rings. The maximum atomic E-state index is 15.0. The fourth-order valence-corrected chi connectivity index (χ4v) is 6.69. The Balaban J connectivity index is 1.04. The summed E-state index contributed by atoms with van der Waals surface area (Å²) in [6.45, 7) is 3.89. The Hall–Kier alpha value is -3.39. The maximum absolute atomic E-state index is 15.0. The van der Waals surface area contributed by atoms with Crippen LogP contribution in [0.2, 0.25) is 0 Å². The molecule has 3 aromatic carbocycles. The first-order chi connectivity index (χ1) is 19.0. The van der Waals surface area contributed by atoms with Crippen molar-refractivity contribution in [1.29, 1.82) is 0 Å².